The maximum absolute atomic E-state index is 13.3. The maximum atomic E-state index is 13.3. The second-order valence-electron chi connectivity index (χ2n) is 3.12. The minimum absolute atomic E-state index is 0.159. The zero-order chi connectivity index (χ0) is 12.3. The maximum Gasteiger partial charge on any atom is 0.341 e. The van der Waals surface area contributed by atoms with E-state index in [1.807, 2.05) is 0 Å². The average Bonchev–Trinajstić information content (AvgIpc) is 2.16. The first kappa shape index (κ1) is 11.9. The Bertz CT molecular complexity index is 476. The fourth-order valence-electron chi connectivity index (χ4n) is 1.24. The predicted octanol–water partition coefficient (Wildman–Crippen LogP) is 2.11. The predicted molar refractivity (Wildman–Crippen MR) is 56.2 cm³/mol. The van der Waals surface area contributed by atoms with Crippen LogP contribution in [0.15, 0.2) is 35.6 Å². The summed E-state index contributed by atoms with van der Waals surface area (Å²) in [5.74, 6) is -2.69. The van der Waals surface area contributed by atoms with E-state index in [1.165, 1.54) is 18.2 Å². The molecular weight excluding hydrogens is 213 g/mol. The summed E-state index contributed by atoms with van der Waals surface area (Å²) in [4.78, 5) is 10.8. The van der Waals surface area contributed by atoms with Gasteiger partial charge in [-0.25, -0.2) is 9.18 Å². The number of hydrogen-bond donors (Lipinski definition) is 3. The minimum atomic E-state index is -1.46. The van der Waals surface area contributed by atoms with Crippen molar-refractivity contribution in [3.8, 4) is 0 Å². The van der Waals surface area contributed by atoms with E-state index in [2.05, 4.69) is 0 Å². The van der Waals surface area contributed by atoms with Crippen molar-refractivity contribution < 1.29 is 19.4 Å². The van der Waals surface area contributed by atoms with E-state index in [0.717, 1.165) is 13.0 Å². The lowest BCUT2D eigenvalue weighted by atomic mass is 10.0. The molecule has 4 nitrogen and oxygen atoms in total. The van der Waals surface area contributed by atoms with Gasteiger partial charge in [0.2, 0.25) is 0 Å². The van der Waals surface area contributed by atoms with Crippen molar-refractivity contribution in [3.63, 3.8) is 0 Å². The first-order chi connectivity index (χ1) is 7.45. The number of carboxylic acid groups (broad SMARTS) is 1. The van der Waals surface area contributed by atoms with Gasteiger partial charge in [0.25, 0.3) is 0 Å². The number of rotatable bonds is 3. The number of aliphatic hydroxyl groups excluding tert-OH is 1. The molecule has 0 aliphatic heterocycles. The molecule has 16 heavy (non-hydrogen) atoms. The van der Waals surface area contributed by atoms with Gasteiger partial charge in [-0.2, -0.15) is 0 Å². The lowest BCUT2D eigenvalue weighted by Crippen LogP contribution is -2.16. The summed E-state index contributed by atoms with van der Waals surface area (Å²) in [6, 6.07) is 5.32. The molecule has 0 aliphatic carbocycles. The van der Waals surface area contributed by atoms with Crippen LogP contribution in [0.2, 0.25) is 0 Å². The van der Waals surface area contributed by atoms with Gasteiger partial charge in [-0.15, -0.1) is 0 Å². The lowest BCUT2D eigenvalue weighted by Gasteiger charge is -2.07. The molecule has 0 radical (unpaired) electrons. The summed E-state index contributed by atoms with van der Waals surface area (Å²) in [5, 5.41) is 25.5. The van der Waals surface area contributed by atoms with Gasteiger partial charge in [-0.1, -0.05) is 12.1 Å². The van der Waals surface area contributed by atoms with E-state index >= 15 is 0 Å². The third-order valence-corrected chi connectivity index (χ3v) is 1.97. The smallest absolute Gasteiger partial charge is 0.341 e. The van der Waals surface area contributed by atoms with Crippen molar-refractivity contribution in [3.05, 3.63) is 47.0 Å². The highest BCUT2D eigenvalue weighted by Gasteiger charge is 2.20. The van der Waals surface area contributed by atoms with E-state index in [1.54, 1.807) is 0 Å². The zero-order valence-electron chi connectivity index (χ0n) is 8.49. The van der Waals surface area contributed by atoms with Crippen molar-refractivity contribution in [2.45, 2.75) is 6.92 Å². The van der Waals surface area contributed by atoms with Gasteiger partial charge in [0.1, 0.15) is 17.1 Å². The number of carbonyl (C=O) groups is 1. The lowest BCUT2D eigenvalue weighted by molar-refractivity contribution is -0.132. The molecule has 0 bridgehead atoms. The molecule has 5 heteroatoms. The van der Waals surface area contributed by atoms with E-state index in [0.29, 0.717) is 0 Å². The van der Waals surface area contributed by atoms with Gasteiger partial charge in [-0.3, -0.25) is 5.41 Å². The summed E-state index contributed by atoms with van der Waals surface area (Å²) in [6.07, 6.45) is 0. The molecular formula is C11H10FNO3. The first-order valence-electron chi connectivity index (χ1n) is 4.42. The van der Waals surface area contributed by atoms with Crippen LogP contribution in [0, 0.1) is 11.2 Å². The number of hydrogen-bond acceptors (Lipinski definition) is 3. The molecule has 0 amide bonds. The third kappa shape index (κ3) is 2.25. The molecule has 84 valence electrons. The first-order valence-corrected chi connectivity index (χ1v) is 4.42. The molecule has 0 unspecified atom stereocenters. The van der Waals surface area contributed by atoms with Gasteiger partial charge < -0.3 is 10.2 Å². The quantitative estimate of drug-likeness (QED) is 0.417. The Morgan fingerprint density at radius 2 is 1.88 bits per heavy atom. The fourth-order valence-corrected chi connectivity index (χ4v) is 1.24. The number of benzene rings is 1. The van der Waals surface area contributed by atoms with E-state index in [4.69, 9.17) is 15.6 Å². The summed E-state index contributed by atoms with van der Waals surface area (Å²) in [6.45, 7) is 1.14. The second kappa shape index (κ2) is 4.57. The number of carboxylic acids is 1. The third-order valence-electron chi connectivity index (χ3n) is 1.97. The number of nitrogens with one attached hydrogen (secondary N) is 1. The van der Waals surface area contributed by atoms with Crippen molar-refractivity contribution in [2.24, 2.45) is 0 Å². The number of aliphatic hydroxyl groups is 1. The Morgan fingerprint density at radius 3 is 2.31 bits per heavy atom. The molecule has 0 saturated heterocycles. The van der Waals surface area contributed by atoms with E-state index < -0.39 is 28.8 Å². The topological polar surface area (TPSA) is 81.4 Å². The number of halogens is 1. The van der Waals surface area contributed by atoms with Gasteiger partial charge >= 0.3 is 5.97 Å². The molecule has 1 aromatic rings. The number of allylic oxidation sites excluding steroid dienone is 1. The molecule has 1 aromatic carbocycles. The van der Waals surface area contributed by atoms with Crippen molar-refractivity contribution in [2.75, 3.05) is 0 Å². The van der Waals surface area contributed by atoms with Crippen LogP contribution >= 0.6 is 0 Å². The Morgan fingerprint density at radius 1 is 1.31 bits per heavy atom. The van der Waals surface area contributed by atoms with Crippen LogP contribution < -0.4 is 0 Å². The van der Waals surface area contributed by atoms with Crippen molar-refractivity contribution in [1.29, 1.82) is 5.41 Å². The number of aliphatic carboxylic acids is 1. The Labute approximate surface area is 91.2 Å². The largest absolute Gasteiger partial charge is 0.512 e. The van der Waals surface area contributed by atoms with Crippen molar-refractivity contribution >= 4 is 11.7 Å². The highest BCUT2D eigenvalue weighted by atomic mass is 19.1. The summed E-state index contributed by atoms with van der Waals surface area (Å²) in [5.41, 5.74) is -1.32. The molecule has 0 aromatic heterocycles. The molecule has 0 heterocycles. The Balaban J connectivity index is 3.27. The van der Waals surface area contributed by atoms with Gasteiger partial charge in [0.05, 0.1) is 5.71 Å². The van der Waals surface area contributed by atoms with Crippen LogP contribution in [-0.2, 0) is 4.79 Å². The molecule has 0 aliphatic rings. The summed E-state index contributed by atoms with van der Waals surface area (Å²) in [7, 11) is 0. The Kier molecular flexibility index (Phi) is 3.40. The van der Waals surface area contributed by atoms with Crippen molar-refractivity contribution in [1.82, 2.24) is 0 Å². The normalized spacial score (nSPS) is 11.9. The molecule has 0 atom stereocenters. The van der Waals surface area contributed by atoms with E-state index in [-0.39, 0.29) is 5.56 Å². The van der Waals surface area contributed by atoms with Gasteiger partial charge in [-0.05, 0) is 19.1 Å². The molecule has 3 N–H and O–H groups in total. The van der Waals surface area contributed by atoms with Crippen LogP contribution in [0.25, 0.3) is 0 Å². The summed E-state index contributed by atoms with van der Waals surface area (Å²) >= 11 is 0. The van der Waals surface area contributed by atoms with Crippen LogP contribution in [0.3, 0.4) is 0 Å². The second-order valence-corrected chi connectivity index (χ2v) is 3.12. The molecule has 0 saturated carbocycles. The van der Waals surface area contributed by atoms with E-state index in [9.17, 15) is 9.18 Å². The minimum Gasteiger partial charge on any atom is -0.512 e. The summed E-state index contributed by atoms with van der Waals surface area (Å²) < 4.78 is 13.3. The molecule has 1 rings (SSSR count). The zero-order valence-corrected chi connectivity index (χ0v) is 8.49. The molecule has 0 fully saturated rings. The standard InChI is InChI=1S/C11H10FNO3/c1-6(14)9(11(15)16)10(13)7-4-2-3-5-8(7)12/h2-5,13-14H,1H3,(H,15,16)/b9-6+,13-10?. The SMILES string of the molecule is C/C(O)=C(/C(=N)c1ccccc1F)C(=O)O. The van der Waals surface area contributed by atoms with Crippen LogP contribution in [0.5, 0.6) is 0 Å². The highest BCUT2D eigenvalue weighted by molar-refractivity contribution is 6.25. The monoisotopic (exact) mass is 223 g/mol. The fraction of sp³-hybridized carbons (Fsp3) is 0.0909. The highest BCUT2D eigenvalue weighted by Crippen LogP contribution is 2.14. The van der Waals surface area contributed by atoms with Crippen LogP contribution in [0.1, 0.15) is 12.5 Å². The van der Waals surface area contributed by atoms with Gasteiger partial charge in [0, 0.05) is 5.56 Å². The van der Waals surface area contributed by atoms with Crippen LogP contribution in [0.4, 0.5) is 4.39 Å². The Hall–Kier alpha value is -2.17. The molecule has 0 spiro atoms. The van der Waals surface area contributed by atoms with Gasteiger partial charge in [0.15, 0.2) is 0 Å². The van der Waals surface area contributed by atoms with Crippen LogP contribution in [-0.4, -0.2) is 21.9 Å². The average molecular weight is 223 g/mol.